The molecular weight excluding hydrogens is 240 g/mol. The maximum atomic E-state index is 11.3. The summed E-state index contributed by atoms with van der Waals surface area (Å²) in [5.41, 5.74) is 2.33. The second-order valence-corrected chi connectivity index (χ2v) is 4.98. The minimum absolute atomic E-state index is 0.00464. The summed E-state index contributed by atoms with van der Waals surface area (Å²) in [6, 6.07) is 7.82. The van der Waals surface area contributed by atoms with Gasteiger partial charge in [0.2, 0.25) is 5.56 Å². The number of hydrogen-bond donors (Lipinski definition) is 2. The molecule has 2 aromatic heterocycles. The fourth-order valence-electron chi connectivity index (χ4n) is 2.74. The Labute approximate surface area is 111 Å². The SMILES string of the molecule is O=c1ccc2c([nH]1)CCCC2NCCc1ccco1. The van der Waals surface area contributed by atoms with Crippen molar-refractivity contribution in [2.75, 3.05) is 6.54 Å². The highest BCUT2D eigenvalue weighted by molar-refractivity contribution is 5.26. The number of pyridine rings is 1. The molecule has 4 heteroatoms. The molecule has 0 bridgehead atoms. The zero-order valence-corrected chi connectivity index (χ0v) is 10.8. The van der Waals surface area contributed by atoms with Gasteiger partial charge in [-0.25, -0.2) is 0 Å². The van der Waals surface area contributed by atoms with Gasteiger partial charge in [0.05, 0.1) is 6.26 Å². The molecule has 0 saturated heterocycles. The number of fused-ring (bicyclic) bond motifs is 1. The van der Waals surface area contributed by atoms with Gasteiger partial charge in [0.15, 0.2) is 0 Å². The summed E-state index contributed by atoms with van der Waals surface area (Å²) in [7, 11) is 0. The van der Waals surface area contributed by atoms with Gasteiger partial charge in [-0.3, -0.25) is 4.79 Å². The maximum Gasteiger partial charge on any atom is 0.248 e. The summed E-state index contributed by atoms with van der Waals surface area (Å²) >= 11 is 0. The number of H-pyrrole nitrogens is 1. The zero-order chi connectivity index (χ0) is 13.1. The quantitative estimate of drug-likeness (QED) is 0.883. The van der Waals surface area contributed by atoms with Crippen LogP contribution in [0.3, 0.4) is 0 Å². The van der Waals surface area contributed by atoms with Crippen molar-refractivity contribution in [3.63, 3.8) is 0 Å². The lowest BCUT2D eigenvalue weighted by Gasteiger charge is -2.25. The standard InChI is InChI=1S/C15H18N2O2/c18-15-7-6-12-13(4-1-5-14(12)17-15)16-9-8-11-3-2-10-19-11/h2-3,6-7,10,13,16H,1,4-5,8-9H2,(H,17,18). The minimum atomic E-state index is -0.00464. The zero-order valence-electron chi connectivity index (χ0n) is 10.8. The first-order valence-corrected chi connectivity index (χ1v) is 6.81. The van der Waals surface area contributed by atoms with Crippen molar-refractivity contribution in [1.82, 2.24) is 10.3 Å². The number of nitrogens with one attached hydrogen (secondary N) is 2. The van der Waals surface area contributed by atoms with Crippen molar-refractivity contribution >= 4 is 0 Å². The van der Waals surface area contributed by atoms with Crippen LogP contribution in [0.25, 0.3) is 0 Å². The van der Waals surface area contributed by atoms with E-state index in [-0.39, 0.29) is 5.56 Å². The summed E-state index contributed by atoms with van der Waals surface area (Å²) in [6.07, 6.45) is 5.81. The minimum Gasteiger partial charge on any atom is -0.469 e. The molecule has 0 aliphatic heterocycles. The van der Waals surface area contributed by atoms with Crippen LogP contribution < -0.4 is 10.9 Å². The lowest BCUT2D eigenvalue weighted by molar-refractivity contribution is 0.439. The van der Waals surface area contributed by atoms with Crippen LogP contribution in [0.1, 0.15) is 35.9 Å². The van der Waals surface area contributed by atoms with Crippen LogP contribution in [-0.2, 0) is 12.8 Å². The molecule has 3 rings (SSSR count). The van der Waals surface area contributed by atoms with Gasteiger partial charge in [-0.15, -0.1) is 0 Å². The Hall–Kier alpha value is -1.81. The number of aromatic nitrogens is 1. The molecule has 100 valence electrons. The molecule has 1 unspecified atom stereocenters. The van der Waals surface area contributed by atoms with E-state index in [1.165, 1.54) is 5.56 Å². The Kier molecular flexibility index (Phi) is 3.51. The van der Waals surface area contributed by atoms with Gasteiger partial charge in [0.25, 0.3) is 0 Å². The number of hydrogen-bond acceptors (Lipinski definition) is 3. The fourth-order valence-corrected chi connectivity index (χ4v) is 2.74. The number of aromatic amines is 1. The monoisotopic (exact) mass is 258 g/mol. The van der Waals surface area contributed by atoms with Crippen LogP contribution in [0.2, 0.25) is 0 Å². The topological polar surface area (TPSA) is 58.0 Å². The number of rotatable bonds is 4. The first-order chi connectivity index (χ1) is 9.33. The van der Waals surface area contributed by atoms with Crippen LogP contribution in [0, 0.1) is 0 Å². The molecule has 1 atom stereocenters. The van der Waals surface area contributed by atoms with E-state index in [1.807, 2.05) is 18.2 Å². The molecule has 1 aliphatic rings. The Balaban J connectivity index is 1.65. The third-order valence-corrected chi connectivity index (χ3v) is 3.67. The average Bonchev–Trinajstić information content (AvgIpc) is 2.92. The van der Waals surface area contributed by atoms with E-state index in [0.717, 1.165) is 43.7 Å². The van der Waals surface area contributed by atoms with E-state index in [2.05, 4.69) is 10.3 Å². The highest BCUT2D eigenvalue weighted by atomic mass is 16.3. The van der Waals surface area contributed by atoms with Gasteiger partial charge in [-0.05, 0) is 37.0 Å². The molecule has 0 aromatic carbocycles. The van der Waals surface area contributed by atoms with E-state index < -0.39 is 0 Å². The van der Waals surface area contributed by atoms with E-state index in [9.17, 15) is 4.79 Å². The smallest absolute Gasteiger partial charge is 0.248 e. The Morgan fingerprint density at radius 2 is 2.32 bits per heavy atom. The third-order valence-electron chi connectivity index (χ3n) is 3.67. The van der Waals surface area contributed by atoms with Crippen molar-refractivity contribution in [3.8, 4) is 0 Å². The fraction of sp³-hybridized carbons (Fsp3) is 0.400. The number of furan rings is 1. The molecule has 0 spiro atoms. The molecule has 19 heavy (non-hydrogen) atoms. The van der Waals surface area contributed by atoms with E-state index in [0.29, 0.717) is 6.04 Å². The second kappa shape index (κ2) is 5.45. The van der Waals surface area contributed by atoms with E-state index in [1.54, 1.807) is 12.3 Å². The van der Waals surface area contributed by atoms with Crippen LogP contribution in [0.5, 0.6) is 0 Å². The first-order valence-electron chi connectivity index (χ1n) is 6.81. The van der Waals surface area contributed by atoms with Crippen LogP contribution in [0.4, 0.5) is 0 Å². The molecule has 4 nitrogen and oxygen atoms in total. The van der Waals surface area contributed by atoms with Gasteiger partial charge in [-0.1, -0.05) is 6.07 Å². The molecule has 0 fully saturated rings. The molecular formula is C15H18N2O2. The second-order valence-electron chi connectivity index (χ2n) is 4.98. The first kappa shape index (κ1) is 12.2. The molecule has 2 aromatic rings. The molecule has 0 saturated carbocycles. The van der Waals surface area contributed by atoms with Crippen molar-refractivity contribution in [2.24, 2.45) is 0 Å². The van der Waals surface area contributed by atoms with Crippen LogP contribution in [0.15, 0.2) is 39.7 Å². The molecule has 0 amide bonds. The third kappa shape index (κ3) is 2.79. The molecule has 0 radical (unpaired) electrons. The van der Waals surface area contributed by atoms with Gasteiger partial charge < -0.3 is 14.7 Å². The summed E-state index contributed by atoms with van der Waals surface area (Å²) in [6.45, 7) is 0.886. The Morgan fingerprint density at radius 1 is 1.37 bits per heavy atom. The molecule has 2 heterocycles. The highest BCUT2D eigenvalue weighted by Crippen LogP contribution is 2.27. The van der Waals surface area contributed by atoms with E-state index >= 15 is 0 Å². The normalized spacial score (nSPS) is 18.2. The average molecular weight is 258 g/mol. The highest BCUT2D eigenvalue weighted by Gasteiger charge is 2.19. The maximum absolute atomic E-state index is 11.3. The van der Waals surface area contributed by atoms with Gasteiger partial charge in [0, 0.05) is 30.8 Å². The van der Waals surface area contributed by atoms with Gasteiger partial charge >= 0.3 is 0 Å². The lowest BCUT2D eigenvalue weighted by atomic mass is 9.91. The van der Waals surface area contributed by atoms with Crippen molar-refractivity contribution in [3.05, 3.63) is 57.9 Å². The van der Waals surface area contributed by atoms with Crippen LogP contribution >= 0.6 is 0 Å². The molecule has 1 aliphatic carbocycles. The Bertz CT molecular complexity index is 586. The van der Waals surface area contributed by atoms with Crippen molar-refractivity contribution < 1.29 is 4.42 Å². The van der Waals surface area contributed by atoms with E-state index in [4.69, 9.17) is 4.42 Å². The summed E-state index contributed by atoms with van der Waals surface area (Å²) < 4.78 is 5.32. The lowest BCUT2D eigenvalue weighted by Crippen LogP contribution is -2.28. The summed E-state index contributed by atoms with van der Waals surface area (Å²) in [4.78, 5) is 14.3. The summed E-state index contributed by atoms with van der Waals surface area (Å²) in [5.74, 6) is 1.00. The molecule has 2 N–H and O–H groups in total. The summed E-state index contributed by atoms with van der Waals surface area (Å²) in [5, 5.41) is 3.55. The van der Waals surface area contributed by atoms with Crippen LogP contribution in [-0.4, -0.2) is 11.5 Å². The van der Waals surface area contributed by atoms with Crippen molar-refractivity contribution in [1.29, 1.82) is 0 Å². The predicted octanol–water partition coefficient (Wildman–Crippen LogP) is 2.18. The predicted molar refractivity (Wildman–Crippen MR) is 73.2 cm³/mol. The van der Waals surface area contributed by atoms with Gasteiger partial charge in [0.1, 0.15) is 5.76 Å². The number of aryl methyl sites for hydroxylation is 1. The Morgan fingerprint density at radius 3 is 3.16 bits per heavy atom. The van der Waals surface area contributed by atoms with Crippen molar-refractivity contribution in [2.45, 2.75) is 31.7 Å². The largest absolute Gasteiger partial charge is 0.469 e. The van der Waals surface area contributed by atoms with Gasteiger partial charge in [-0.2, -0.15) is 0 Å².